The highest BCUT2D eigenvalue weighted by Crippen LogP contribution is 2.17. The minimum absolute atomic E-state index is 0.123. The van der Waals surface area contributed by atoms with E-state index in [4.69, 9.17) is 4.74 Å². The van der Waals surface area contributed by atoms with Crippen molar-refractivity contribution in [2.75, 3.05) is 13.2 Å². The fraction of sp³-hybridized carbons (Fsp3) is 0.600. The molecule has 5 nitrogen and oxygen atoms in total. The molecule has 2 rings (SSSR count). The first-order chi connectivity index (χ1) is 7.31. The summed E-state index contributed by atoms with van der Waals surface area (Å²) in [4.78, 5) is 11.6. The van der Waals surface area contributed by atoms with Gasteiger partial charge in [0.25, 0.3) is 5.91 Å². The van der Waals surface area contributed by atoms with E-state index in [-0.39, 0.29) is 5.91 Å². The minimum atomic E-state index is -0.123. The third kappa shape index (κ3) is 2.11. The van der Waals surface area contributed by atoms with Gasteiger partial charge < -0.3 is 10.1 Å². The summed E-state index contributed by atoms with van der Waals surface area (Å²) >= 11 is 0. The van der Waals surface area contributed by atoms with Crippen molar-refractivity contribution in [1.82, 2.24) is 15.1 Å². The Morgan fingerprint density at radius 2 is 2.60 bits per heavy atom. The molecule has 0 fully saturated rings. The topological polar surface area (TPSA) is 56.2 Å². The monoisotopic (exact) mass is 209 g/mol. The lowest BCUT2D eigenvalue weighted by Gasteiger charge is -2.13. The summed E-state index contributed by atoms with van der Waals surface area (Å²) in [6.07, 6.45) is 1.88. The SMILES string of the molecule is CCCNC(=O)c1cc2n(n1)CCCO2. The maximum Gasteiger partial charge on any atom is 0.271 e. The normalized spacial score (nSPS) is 14.2. The molecule has 0 saturated heterocycles. The number of fused-ring (bicyclic) bond motifs is 1. The second-order valence-electron chi connectivity index (χ2n) is 3.55. The molecule has 1 amide bonds. The Morgan fingerprint density at radius 1 is 1.73 bits per heavy atom. The van der Waals surface area contributed by atoms with Crippen molar-refractivity contribution in [2.24, 2.45) is 0 Å². The van der Waals surface area contributed by atoms with Crippen LogP contribution < -0.4 is 10.1 Å². The number of nitrogens with one attached hydrogen (secondary N) is 1. The van der Waals surface area contributed by atoms with Crippen molar-refractivity contribution in [3.63, 3.8) is 0 Å². The van der Waals surface area contributed by atoms with Crippen molar-refractivity contribution in [3.8, 4) is 5.88 Å². The van der Waals surface area contributed by atoms with Crippen LogP contribution in [0.3, 0.4) is 0 Å². The lowest BCUT2D eigenvalue weighted by Crippen LogP contribution is -2.24. The molecule has 0 spiro atoms. The first-order valence-corrected chi connectivity index (χ1v) is 5.30. The van der Waals surface area contributed by atoms with E-state index >= 15 is 0 Å². The Hall–Kier alpha value is -1.52. The zero-order valence-electron chi connectivity index (χ0n) is 8.82. The summed E-state index contributed by atoms with van der Waals surface area (Å²) in [7, 11) is 0. The maximum atomic E-state index is 11.6. The fourth-order valence-corrected chi connectivity index (χ4v) is 1.51. The van der Waals surface area contributed by atoms with Gasteiger partial charge in [0.1, 0.15) is 0 Å². The molecule has 82 valence electrons. The van der Waals surface area contributed by atoms with E-state index in [1.54, 1.807) is 10.7 Å². The van der Waals surface area contributed by atoms with Gasteiger partial charge in [0.15, 0.2) is 5.69 Å². The average molecular weight is 209 g/mol. The highest BCUT2D eigenvalue weighted by Gasteiger charge is 2.17. The van der Waals surface area contributed by atoms with Crippen molar-refractivity contribution in [2.45, 2.75) is 26.3 Å². The second kappa shape index (κ2) is 4.33. The summed E-state index contributed by atoms with van der Waals surface area (Å²) in [6.45, 7) is 4.24. The first kappa shape index (κ1) is 10.0. The molecule has 1 aliphatic heterocycles. The molecule has 0 aromatic carbocycles. The van der Waals surface area contributed by atoms with Crippen molar-refractivity contribution >= 4 is 5.91 Å². The third-order valence-electron chi connectivity index (χ3n) is 2.28. The number of hydrogen-bond acceptors (Lipinski definition) is 3. The van der Waals surface area contributed by atoms with Gasteiger partial charge in [-0.2, -0.15) is 5.10 Å². The maximum absolute atomic E-state index is 11.6. The minimum Gasteiger partial charge on any atom is -0.478 e. The van der Waals surface area contributed by atoms with Gasteiger partial charge >= 0.3 is 0 Å². The Labute approximate surface area is 88.4 Å². The quantitative estimate of drug-likeness (QED) is 0.801. The number of carbonyl (C=O) groups excluding carboxylic acids is 1. The van der Waals surface area contributed by atoms with Crippen LogP contribution in [0.1, 0.15) is 30.3 Å². The van der Waals surface area contributed by atoms with Crippen LogP contribution in [0.15, 0.2) is 6.07 Å². The third-order valence-corrected chi connectivity index (χ3v) is 2.28. The predicted octanol–water partition coefficient (Wildman–Crippen LogP) is 0.805. The Kier molecular flexibility index (Phi) is 2.89. The molecule has 0 aliphatic carbocycles. The molecule has 1 aliphatic rings. The van der Waals surface area contributed by atoms with Crippen LogP contribution in [-0.2, 0) is 6.54 Å². The lowest BCUT2D eigenvalue weighted by molar-refractivity contribution is 0.0947. The van der Waals surface area contributed by atoms with Crippen LogP contribution >= 0.6 is 0 Å². The van der Waals surface area contributed by atoms with Crippen LogP contribution in [0.25, 0.3) is 0 Å². The van der Waals surface area contributed by atoms with Crippen molar-refractivity contribution in [1.29, 1.82) is 0 Å². The summed E-state index contributed by atoms with van der Waals surface area (Å²) in [5.74, 6) is 0.574. The number of ether oxygens (including phenoxy) is 1. The molecule has 2 heterocycles. The van der Waals surface area contributed by atoms with Crippen LogP contribution in [0.5, 0.6) is 5.88 Å². The van der Waals surface area contributed by atoms with E-state index in [2.05, 4.69) is 10.4 Å². The van der Waals surface area contributed by atoms with Gasteiger partial charge in [-0.3, -0.25) is 4.79 Å². The number of carbonyl (C=O) groups is 1. The average Bonchev–Trinajstić information content (AvgIpc) is 2.69. The van der Waals surface area contributed by atoms with Crippen LogP contribution in [0.4, 0.5) is 0 Å². The van der Waals surface area contributed by atoms with Gasteiger partial charge in [0, 0.05) is 25.6 Å². The number of aromatic nitrogens is 2. The van der Waals surface area contributed by atoms with Gasteiger partial charge in [-0.15, -0.1) is 0 Å². The molecule has 1 N–H and O–H groups in total. The Bertz CT molecular complexity index is 336. The van der Waals surface area contributed by atoms with Crippen LogP contribution in [0, 0.1) is 0 Å². The molecule has 5 heteroatoms. The summed E-state index contributed by atoms with van der Waals surface area (Å²) in [5, 5.41) is 6.97. The molecule has 0 saturated carbocycles. The first-order valence-electron chi connectivity index (χ1n) is 5.30. The molecular formula is C10H15N3O2. The molecule has 15 heavy (non-hydrogen) atoms. The van der Waals surface area contributed by atoms with Crippen LogP contribution in [0.2, 0.25) is 0 Å². The molecule has 0 atom stereocenters. The Morgan fingerprint density at radius 3 is 3.33 bits per heavy atom. The number of hydrogen-bond donors (Lipinski definition) is 1. The van der Waals surface area contributed by atoms with E-state index in [0.29, 0.717) is 24.7 Å². The Balaban J connectivity index is 2.08. The van der Waals surface area contributed by atoms with E-state index < -0.39 is 0 Å². The zero-order valence-corrected chi connectivity index (χ0v) is 8.82. The highest BCUT2D eigenvalue weighted by atomic mass is 16.5. The number of amides is 1. The smallest absolute Gasteiger partial charge is 0.271 e. The summed E-state index contributed by atoms with van der Waals surface area (Å²) < 4.78 is 7.12. The number of nitrogens with zero attached hydrogens (tertiary/aromatic N) is 2. The second-order valence-corrected chi connectivity index (χ2v) is 3.55. The zero-order chi connectivity index (χ0) is 10.7. The van der Waals surface area contributed by atoms with Gasteiger partial charge in [-0.25, -0.2) is 4.68 Å². The highest BCUT2D eigenvalue weighted by molar-refractivity contribution is 5.92. The molecular weight excluding hydrogens is 194 g/mol. The van der Waals surface area contributed by atoms with Gasteiger partial charge in [0.05, 0.1) is 6.61 Å². The largest absolute Gasteiger partial charge is 0.478 e. The van der Waals surface area contributed by atoms with Crippen molar-refractivity contribution < 1.29 is 9.53 Å². The number of rotatable bonds is 3. The van der Waals surface area contributed by atoms with Crippen LogP contribution in [-0.4, -0.2) is 28.8 Å². The molecule has 0 unspecified atom stereocenters. The van der Waals surface area contributed by atoms with E-state index in [1.807, 2.05) is 6.92 Å². The van der Waals surface area contributed by atoms with Gasteiger partial charge in [-0.1, -0.05) is 6.92 Å². The standard InChI is InChI=1S/C10H15N3O2/c1-2-4-11-10(14)8-7-9-13(12-8)5-3-6-15-9/h7H,2-6H2,1H3,(H,11,14). The van der Waals surface area contributed by atoms with Gasteiger partial charge in [0.2, 0.25) is 5.88 Å². The molecule has 1 aromatic heterocycles. The summed E-state index contributed by atoms with van der Waals surface area (Å²) in [6, 6.07) is 1.70. The predicted molar refractivity (Wildman–Crippen MR) is 55.0 cm³/mol. The molecule has 1 aromatic rings. The molecule has 0 radical (unpaired) electrons. The lowest BCUT2D eigenvalue weighted by atomic mass is 10.3. The molecule has 0 bridgehead atoms. The summed E-state index contributed by atoms with van der Waals surface area (Å²) in [5.41, 5.74) is 0.445. The van der Waals surface area contributed by atoms with E-state index in [0.717, 1.165) is 19.4 Å². The van der Waals surface area contributed by atoms with Crippen molar-refractivity contribution in [3.05, 3.63) is 11.8 Å². The van der Waals surface area contributed by atoms with Gasteiger partial charge in [-0.05, 0) is 6.42 Å². The number of aryl methyl sites for hydroxylation is 1. The van der Waals surface area contributed by atoms with E-state index in [9.17, 15) is 4.79 Å². The fourth-order valence-electron chi connectivity index (χ4n) is 1.51. The van der Waals surface area contributed by atoms with E-state index in [1.165, 1.54) is 0 Å².